The van der Waals surface area contributed by atoms with E-state index in [2.05, 4.69) is 16.7 Å². The molecule has 26 heavy (non-hydrogen) atoms. The largest absolute Gasteiger partial charge is 0.493 e. The number of carbonyl (C=O) groups excluding carboxylic acids is 1. The molecule has 0 atom stereocenters. The van der Waals surface area contributed by atoms with E-state index in [4.69, 9.17) is 4.74 Å². The van der Waals surface area contributed by atoms with Gasteiger partial charge in [-0.05, 0) is 44.0 Å². The Morgan fingerprint density at radius 1 is 1.50 bits per heavy atom. The molecule has 1 amide bonds. The highest BCUT2D eigenvalue weighted by atomic mass is 32.1. The van der Waals surface area contributed by atoms with Gasteiger partial charge in [-0.25, -0.2) is 0 Å². The Labute approximate surface area is 157 Å². The first-order valence-electron chi connectivity index (χ1n) is 8.60. The van der Waals surface area contributed by atoms with E-state index in [1.807, 2.05) is 32.0 Å². The number of carbonyl (C=O) groups is 1. The molecule has 0 fully saturated rings. The number of hydrogen-bond acceptors (Lipinski definition) is 5. The van der Waals surface area contributed by atoms with Crippen LogP contribution in [0.15, 0.2) is 24.3 Å². The molecule has 1 aromatic heterocycles. The molecule has 2 N–H and O–H groups in total. The Hall–Kier alpha value is -2.62. The molecule has 1 aromatic carbocycles. The van der Waals surface area contributed by atoms with Crippen LogP contribution in [0.2, 0.25) is 0 Å². The van der Waals surface area contributed by atoms with Crippen molar-refractivity contribution in [3.63, 3.8) is 0 Å². The fourth-order valence-electron chi connectivity index (χ4n) is 3.01. The lowest BCUT2D eigenvalue weighted by Gasteiger charge is -2.11. The van der Waals surface area contributed by atoms with Crippen molar-refractivity contribution in [3.05, 3.63) is 51.4 Å². The predicted molar refractivity (Wildman–Crippen MR) is 104 cm³/mol. The molecule has 0 saturated heterocycles. The normalized spacial score (nSPS) is 13.3. The number of amides is 1. The van der Waals surface area contributed by atoms with Crippen molar-refractivity contribution in [1.29, 1.82) is 5.26 Å². The minimum Gasteiger partial charge on any atom is -0.493 e. The summed E-state index contributed by atoms with van der Waals surface area (Å²) in [6, 6.07) is 8.07. The van der Waals surface area contributed by atoms with Crippen molar-refractivity contribution in [2.75, 3.05) is 18.5 Å². The highest BCUT2D eigenvalue weighted by Crippen LogP contribution is 2.34. The highest BCUT2D eigenvalue weighted by Gasteiger charge is 2.21. The van der Waals surface area contributed by atoms with Gasteiger partial charge in [-0.2, -0.15) is 5.26 Å². The summed E-state index contributed by atoms with van der Waals surface area (Å²) in [6.45, 7) is 6.09. The fraction of sp³-hybridized carbons (Fsp3) is 0.300. The first kappa shape index (κ1) is 18.2. The maximum Gasteiger partial charge on any atom is 0.249 e. The zero-order valence-electron chi connectivity index (χ0n) is 14.9. The SMILES string of the molecule is CCOc1c(C)cccc1C=CC(=O)Nc1sc2c(c1C#N)CCNC2. The Morgan fingerprint density at radius 2 is 2.35 bits per heavy atom. The molecular formula is C20H21N3O2S. The monoisotopic (exact) mass is 367 g/mol. The summed E-state index contributed by atoms with van der Waals surface area (Å²) in [5.41, 5.74) is 3.54. The van der Waals surface area contributed by atoms with E-state index < -0.39 is 0 Å². The van der Waals surface area contributed by atoms with Crippen molar-refractivity contribution in [2.24, 2.45) is 0 Å². The quantitative estimate of drug-likeness (QED) is 0.792. The summed E-state index contributed by atoms with van der Waals surface area (Å²) in [6.07, 6.45) is 4.05. The lowest BCUT2D eigenvalue weighted by Crippen LogP contribution is -2.22. The molecule has 2 heterocycles. The van der Waals surface area contributed by atoms with Gasteiger partial charge in [-0.15, -0.1) is 11.3 Å². The molecule has 2 aromatic rings. The summed E-state index contributed by atoms with van der Waals surface area (Å²) >= 11 is 1.47. The molecule has 0 unspecified atom stereocenters. The topological polar surface area (TPSA) is 74.1 Å². The number of para-hydroxylation sites is 1. The number of nitrogens with one attached hydrogen (secondary N) is 2. The number of nitriles is 1. The lowest BCUT2D eigenvalue weighted by molar-refractivity contribution is -0.111. The number of thiophene rings is 1. The number of benzene rings is 1. The van der Waals surface area contributed by atoms with E-state index >= 15 is 0 Å². The van der Waals surface area contributed by atoms with Crippen LogP contribution >= 0.6 is 11.3 Å². The Morgan fingerprint density at radius 3 is 3.12 bits per heavy atom. The molecule has 0 bridgehead atoms. The molecule has 6 heteroatoms. The van der Waals surface area contributed by atoms with Crippen LogP contribution in [-0.2, 0) is 17.8 Å². The van der Waals surface area contributed by atoms with Gasteiger partial charge in [0.25, 0.3) is 0 Å². The van der Waals surface area contributed by atoms with Crippen molar-refractivity contribution in [2.45, 2.75) is 26.8 Å². The van der Waals surface area contributed by atoms with E-state index in [1.165, 1.54) is 17.4 Å². The summed E-state index contributed by atoms with van der Waals surface area (Å²) < 4.78 is 5.68. The molecule has 0 radical (unpaired) electrons. The van der Waals surface area contributed by atoms with Gasteiger partial charge in [0.15, 0.2) is 0 Å². The second kappa shape index (κ2) is 8.17. The van der Waals surface area contributed by atoms with Crippen LogP contribution in [0, 0.1) is 18.3 Å². The van der Waals surface area contributed by atoms with Crippen molar-refractivity contribution >= 4 is 28.3 Å². The van der Waals surface area contributed by atoms with Gasteiger partial charge in [0.1, 0.15) is 16.8 Å². The van der Waals surface area contributed by atoms with E-state index in [0.29, 0.717) is 17.2 Å². The van der Waals surface area contributed by atoms with Gasteiger partial charge >= 0.3 is 0 Å². The minimum atomic E-state index is -0.253. The van der Waals surface area contributed by atoms with E-state index in [9.17, 15) is 10.1 Å². The zero-order chi connectivity index (χ0) is 18.5. The van der Waals surface area contributed by atoms with E-state index in [-0.39, 0.29) is 5.91 Å². The fourth-order valence-corrected chi connectivity index (χ4v) is 4.18. The van der Waals surface area contributed by atoms with Gasteiger partial charge in [-0.1, -0.05) is 18.2 Å². The maximum atomic E-state index is 12.4. The number of hydrogen-bond donors (Lipinski definition) is 2. The third-order valence-corrected chi connectivity index (χ3v) is 5.37. The van der Waals surface area contributed by atoms with Gasteiger partial charge in [0.05, 0.1) is 12.2 Å². The van der Waals surface area contributed by atoms with Crippen molar-refractivity contribution in [1.82, 2.24) is 5.32 Å². The van der Waals surface area contributed by atoms with Gasteiger partial charge in [0, 0.05) is 23.1 Å². The molecule has 0 saturated carbocycles. The smallest absolute Gasteiger partial charge is 0.249 e. The second-order valence-electron chi connectivity index (χ2n) is 6.00. The summed E-state index contributed by atoms with van der Waals surface area (Å²) in [7, 11) is 0. The number of fused-ring (bicyclic) bond motifs is 1. The molecule has 0 spiro atoms. The van der Waals surface area contributed by atoms with Crippen LogP contribution in [0.1, 0.15) is 34.1 Å². The predicted octanol–water partition coefficient (Wildman–Crippen LogP) is 3.62. The first-order chi connectivity index (χ1) is 12.6. The van der Waals surface area contributed by atoms with Crippen molar-refractivity contribution in [3.8, 4) is 11.8 Å². The van der Waals surface area contributed by atoms with Crippen LogP contribution < -0.4 is 15.4 Å². The average Bonchev–Trinajstić information content (AvgIpc) is 2.99. The van der Waals surface area contributed by atoms with Crippen LogP contribution in [0.25, 0.3) is 6.08 Å². The van der Waals surface area contributed by atoms with Crippen LogP contribution in [0.5, 0.6) is 5.75 Å². The van der Waals surface area contributed by atoms with Crippen LogP contribution in [-0.4, -0.2) is 19.1 Å². The minimum absolute atomic E-state index is 0.253. The highest BCUT2D eigenvalue weighted by molar-refractivity contribution is 7.16. The second-order valence-corrected chi connectivity index (χ2v) is 7.10. The number of rotatable bonds is 5. The zero-order valence-corrected chi connectivity index (χ0v) is 15.7. The third-order valence-electron chi connectivity index (χ3n) is 4.22. The lowest BCUT2D eigenvalue weighted by atomic mass is 10.1. The third kappa shape index (κ3) is 3.79. The molecule has 3 rings (SSSR count). The van der Waals surface area contributed by atoms with Crippen molar-refractivity contribution < 1.29 is 9.53 Å². The number of nitrogens with zero attached hydrogens (tertiary/aromatic N) is 1. The van der Waals surface area contributed by atoms with Gasteiger partial charge in [0.2, 0.25) is 5.91 Å². The number of aryl methyl sites for hydroxylation is 1. The average molecular weight is 367 g/mol. The molecule has 134 valence electrons. The summed E-state index contributed by atoms with van der Waals surface area (Å²) in [4.78, 5) is 13.5. The first-order valence-corrected chi connectivity index (χ1v) is 9.42. The molecule has 1 aliphatic heterocycles. The van der Waals surface area contributed by atoms with Gasteiger partial charge < -0.3 is 15.4 Å². The summed E-state index contributed by atoms with van der Waals surface area (Å²) in [5, 5.41) is 16.2. The number of ether oxygens (including phenoxy) is 1. The van der Waals surface area contributed by atoms with E-state index in [1.54, 1.807) is 6.08 Å². The molecular weight excluding hydrogens is 346 g/mol. The molecule has 5 nitrogen and oxygen atoms in total. The maximum absolute atomic E-state index is 12.4. The van der Waals surface area contributed by atoms with E-state index in [0.717, 1.165) is 46.8 Å². The van der Waals surface area contributed by atoms with Crippen LogP contribution in [0.4, 0.5) is 5.00 Å². The Bertz CT molecular complexity index is 893. The molecule has 1 aliphatic rings. The standard InChI is InChI=1S/C20H21N3O2S/c1-3-25-19-13(2)5-4-6-14(19)7-8-18(24)23-20-16(11-21)15-9-10-22-12-17(15)26-20/h4-8,22H,3,9-10,12H2,1-2H3,(H,23,24). The number of anilines is 1. The Kier molecular flexibility index (Phi) is 5.71. The van der Waals surface area contributed by atoms with Crippen LogP contribution in [0.3, 0.4) is 0 Å². The summed E-state index contributed by atoms with van der Waals surface area (Å²) in [5.74, 6) is 0.534. The van der Waals surface area contributed by atoms with Gasteiger partial charge in [-0.3, -0.25) is 4.79 Å². The molecule has 0 aliphatic carbocycles. The Balaban J connectivity index is 1.78.